The molecule has 0 radical (unpaired) electrons. The molecular weight excluding hydrogens is 284 g/mol. The molecule has 1 aromatic carbocycles. The van der Waals surface area contributed by atoms with Crippen molar-refractivity contribution in [3.05, 3.63) is 40.9 Å². The molecule has 6 heteroatoms. The van der Waals surface area contributed by atoms with Crippen molar-refractivity contribution >= 4 is 22.5 Å². The first-order valence-corrected chi connectivity index (χ1v) is 8.11. The van der Waals surface area contributed by atoms with E-state index < -0.39 is 0 Å². The van der Waals surface area contributed by atoms with Crippen LogP contribution >= 0.6 is 11.3 Å². The Morgan fingerprint density at radius 1 is 1.19 bits per heavy atom. The first-order valence-electron chi connectivity index (χ1n) is 7.23. The van der Waals surface area contributed by atoms with Crippen LogP contribution in [0.1, 0.15) is 24.0 Å². The Morgan fingerprint density at radius 3 is 2.48 bits per heavy atom. The second-order valence-corrected chi connectivity index (χ2v) is 6.48. The summed E-state index contributed by atoms with van der Waals surface area (Å²) in [7, 11) is 0. The summed E-state index contributed by atoms with van der Waals surface area (Å²) in [5.41, 5.74) is 4.37. The van der Waals surface area contributed by atoms with Gasteiger partial charge < -0.3 is 4.90 Å². The number of carbonyl (C=O) groups excluding carboxylic acids is 1. The first kappa shape index (κ1) is 12.8. The van der Waals surface area contributed by atoms with E-state index in [1.807, 2.05) is 4.90 Å². The summed E-state index contributed by atoms with van der Waals surface area (Å²) in [4.78, 5) is 14.6. The van der Waals surface area contributed by atoms with E-state index in [0.717, 1.165) is 25.7 Å². The lowest BCUT2D eigenvalue weighted by Gasteiger charge is -2.28. The molecule has 0 aliphatic heterocycles. The van der Waals surface area contributed by atoms with Crippen LogP contribution in [0.3, 0.4) is 0 Å². The third kappa shape index (κ3) is 2.51. The molecule has 0 saturated heterocycles. The molecule has 4 rings (SSSR count). The Balaban J connectivity index is 1.52. The maximum atomic E-state index is 12.6. The monoisotopic (exact) mass is 300 g/mol. The van der Waals surface area contributed by atoms with Gasteiger partial charge in [-0.1, -0.05) is 35.6 Å². The van der Waals surface area contributed by atoms with Gasteiger partial charge in [-0.05, 0) is 36.8 Å². The smallest absolute Gasteiger partial charge is 0.318 e. The van der Waals surface area contributed by atoms with Crippen LogP contribution in [0.2, 0.25) is 0 Å². The Labute approximate surface area is 127 Å². The van der Waals surface area contributed by atoms with E-state index in [1.54, 1.807) is 5.51 Å². The van der Waals surface area contributed by atoms with E-state index in [0.29, 0.717) is 11.2 Å². The second kappa shape index (κ2) is 5.11. The quantitative estimate of drug-likeness (QED) is 0.948. The predicted octanol–water partition coefficient (Wildman–Crippen LogP) is 2.70. The Morgan fingerprint density at radius 2 is 1.90 bits per heavy atom. The van der Waals surface area contributed by atoms with Crippen molar-refractivity contribution in [2.24, 2.45) is 0 Å². The topological polar surface area (TPSA) is 58.1 Å². The molecule has 1 saturated carbocycles. The summed E-state index contributed by atoms with van der Waals surface area (Å²) in [6.45, 7) is 0. The molecule has 108 valence electrons. The summed E-state index contributed by atoms with van der Waals surface area (Å²) in [5, 5.41) is 11.1. The molecule has 1 fully saturated rings. The number of nitrogens with zero attached hydrogens (tertiary/aromatic N) is 3. The number of fused-ring (bicyclic) bond motifs is 1. The number of urea groups is 1. The fourth-order valence-electron chi connectivity index (χ4n) is 3.10. The summed E-state index contributed by atoms with van der Waals surface area (Å²) < 4.78 is 0. The normalized spacial score (nSPS) is 17.5. The summed E-state index contributed by atoms with van der Waals surface area (Å²) >= 11 is 1.35. The van der Waals surface area contributed by atoms with Crippen LogP contribution in [-0.2, 0) is 12.8 Å². The van der Waals surface area contributed by atoms with Gasteiger partial charge in [-0.15, -0.1) is 10.2 Å². The number of amides is 2. The van der Waals surface area contributed by atoms with E-state index in [4.69, 9.17) is 0 Å². The largest absolute Gasteiger partial charge is 0.324 e. The minimum absolute atomic E-state index is 0.0351. The SMILES string of the molecule is O=C(Nc1nncs1)N(C1CC1)C1Cc2ccccc2C1. The number of nitrogens with one attached hydrogen (secondary N) is 1. The molecule has 5 nitrogen and oxygen atoms in total. The molecule has 0 spiro atoms. The maximum Gasteiger partial charge on any atom is 0.324 e. The van der Waals surface area contributed by atoms with Crippen LogP contribution in [0.4, 0.5) is 9.93 Å². The third-order valence-electron chi connectivity index (χ3n) is 4.17. The van der Waals surface area contributed by atoms with Crippen molar-refractivity contribution in [2.75, 3.05) is 5.32 Å². The zero-order valence-corrected chi connectivity index (χ0v) is 12.3. The van der Waals surface area contributed by atoms with Crippen LogP contribution in [0, 0.1) is 0 Å². The molecule has 0 unspecified atom stereocenters. The number of hydrogen-bond acceptors (Lipinski definition) is 4. The van der Waals surface area contributed by atoms with Gasteiger partial charge in [0.2, 0.25) is 5.13 Å². The van der Waals surface area contributed by atoms with Crippen molar-refractivity contribution < 1.29 is 4.79 Å². The Hall–Kier alpha value is -1.95. The number of anilines is 1. The molecule has 2 amide bonds. The number of carbonyl (C=O) groups is 1. The molecule has 0 bridgehead atoms. The third-order valence-corrected chi connectivity index (χ3v) is 4.78. The molecule has 2 aliphatic carbocycles. The van der Waals surface area contributed by atoms with Gasteiger partial charge in [0.1, 0.15) is 5.51 Å². The molecule has 1 heterocycles. The highest BCUT2D eigenvalue weighted by Gasteiger charge is 2.39. The maximum absolute atomic E-state index is 12.6. The minimum atomic E-state index is -0.0351. The van der Waals surface area contributed by atoms with Crippen molar-refractivity contribution in [2.45, 2.75) is 37.8 Å². The predicted molar refractivity (Wildman–Crippen MR) is 81.4 cm³/mol. The molecule has 1 aromatic heterocycles. The van der Waals surface area contributed by atoms with Gasteiger partial charge >= 0.3 is 6.03 Å². The van der Waals surface area contributed by atoms with Gasteiger partial charge in [0.25, 0.3) is 0 Å². The number of rotatable bonds is 3. The van der Waals surface area contributed by atoms with E-state index in [2.05, 4.69) is 39.8 Å². The van der Waals surface area contributed by atoms with Crippen molar-refractivity contribution in [1.82, 2.24) is 15.1 Å². The van der Waals surface area contributed by atoms with Crippen LogP contribution in [0.25, 0.3) is 0 Å². The van der Waals surface area contributed by atoms with Crippen LogP contribution in [0.5, 0.6) is 0 Å². The van der Waals surface area contributed by atoms with E-state index in [1.165, 1.54) is 22.5 Å². The standard InChI is InChI=1S/C15H16N4OS/c20-15(17-14-18-16-9-21-14)19(12-5-6-12)13-7-10-3-1-2-4-11(10)8-13/h1-4,9,12-13H,5-8H2,(H,17,18,20). The molecule has 21 heavy (non-hydrogen) atoms. The molecule has 2 aromatic rings. The lowest BCUT2D eigenvalue weighted by molar-refractivity contribution is 0.185. The highest BCUT2D eigenvalue weighted by molar-refractivity contribution is 7.13. The van der Waals surface area contributed by atoms with Gasteiger partial charge in [-0.3, -0.25) is 5.32 Å². The minimum Gasteiger partial charge on any atom is -0.318 e. The van der Waals surface area contributed by atoms with Gasteiger partial charge in [-0.25, -0.2) is 4.79 Å². The van der Waals surface area contributed by atoms with Crippen LogP contribution in [0.15, 0.2) is 29.8 Å². The molecule has 2 aliphatic rings. The lowest BCUT2D eigenvalue weighted by Crippen LogP contribution is -2.45. The molecular formula is C15H16N4OS. The molecule has 1 N–H and O–H groups in total. The Bertz CT molecular complexity index is 628. The summed E-state index contributed by atoms with van der Waals surface area (Å²) in [6.07, 6.45) is 4.12. The number of aromatic nitrogens is 2. The van der Waals surface area contributed by atoms with Gasteiger partial charge in [0.15, 0.2) is 0 Å². The highest BCUT2D eigenvalue weighted by Crippen LogP contribution is 2.34. The van der Waals surface area contributed by atoms with Gasteiger partial charge in [-0.2, -0.15) is 0 Å². The average Bonchev–Trinajstić information content (AvgIpc) is 3.01. The zero-order valence-electron chi connectivity index (χ0n) is 11.5. The molecule has 0 atom stereocenters. The van der Waals surface area contributed by atoms with E-state index in [9.17, 15) is 4.79 Å². The number of hydrogen-bond donors (Lipinski definition) is 1. The average molecular weight is 300 g/mol. The summed E-state index contributed by atoms with van der Waals surface area (Å²) in [5.74, 6) is 0. The fourth-order valence-corrected chi connectivity index (χ4v) is 3.53. The van der Waals surface area contributed by atoms with Gasteiger partial charge in [0.05, 0.1) is 0 Å². The summed E-state index contributed by atoms with van der Waals surface area (Å²) in [6, 6.07) is 9.10. The zero-order chi connectivity index (χ0) is 14.2. The van der Waals surface area contributed by atoms with Crippen molar-refractivity contribution in [3.8, 4) is 0 Å². The van der Waals surface area contributed by atoms with E-state index >= 15 is 0 Å². The van der Waals surface area contributed by atoms with Crippen LogP contribution < -0.4 is 5.32 Å². The fraction of sp³-hybridized carbons (Fsp3) is 0.400. The first-order chi connectivity index (χ1) is 10.3. The Kier molecular flexibility index (Phi) is 3.11. The van der Waals surface area contributed by atoms with Crippen molar-refractivity contribution in [3.63, 3.8) is 0 Å². The number of benzene rings is 1. The van der Waals surface area contributed by atoms with Crippen LogP contribution in [-0.4, -0.2) is 33.2 Å². The lowest BCUT2D eigenvalue weighted by atomic mass is 10.1. The van der Waals surface area contributed by atoms with Gasteiger partial charge in [0, 0.05) is 12.1 Å². The highest BCUT2D eigenvalue weighted by atomic mass is 32.1. The van der Waals surface area contributed by atoms with Crippen molar-refractivity contribution in [1.29, 1.82) is 0 Å². The second-order valence-electron chi connectivity index (χ2n) is 5.64. The van der Waals surface area contributed by atoms with E-state index in [-0.39, 0.29) is 12.1 Å².